The largest absolute Gasteiger partial charge is 0.450 e. The maximum absolute atomic E-state index is 11.6. The number of nitro groups is 1. The minimum atomic E-state index is -0.451. The minimum absolute atomic E-state index is 0.119. The summed E-state index contributed by atoms with van der Waals surface area (Å²) >= 11 is 1.36. The van der Waals surface area contributed by atoms with Gasteiger partial charge in [-0.2, -0.15) is 0 Å². The summed E-state index contributed by atoms with van der Waals surface area (Å²) < 4.78 is 5.75. The van der Waals surface area contributed by atoms with Gasteiger partial charge in [0.1, 0.15) is 21.5 Å². The zero-order valence-electron chi connectivity index (χ0n) is 15.8. The normalized spacial score (nSPS) is 11.0. The van der Waals surface area contributed by atoms with E-state index >= 15 is 0 Å². The van der Waals surface area contributed by atoms with Gasteiger partial charge in [-0.05, 0) is 56.2 Å². The Bertz CT molecular complexity index is 1090. The molecular formula is C21H19N3O3S. The van der Waals surface area contributed by atoms with Crippen LogP contribution in [0.15, 0.2) is 54.0 Å². The number of aliphatic imine (C=N–C) groups is 1. The summed E-state index contributed by atoms with van der Waals surface area (Å²) in [7, 11) is 0. The van der Waals surface area contributed by atoms with E-state index in [9.17, 15) is 10.1 Å². The average molecular weight is 393 g/mol. The quantitative estimate of drug-likeness (QED) is 0.269. The maximum Gasteiger partial charge on any atom is 0.312 e. The van der Waals surface area contributed by atoms with E-state index in [-0.39, 0.29) is 11.4 Å². The minimum Gasteiger partial charge on any atom is -0.450 e. The lowest BCUT2D eigenvalue weighted by atomic mass is 10.2. The molecule has 1 heterocycles. The Hall–Kier alpha value is -3.32. The first-order valence-electron chi connectivity index (χ1n) is 8.57. The summed E-state index contributed by atoms with van der Waals surface area (Å²) in [6.45, 7) is 9.54. The predicted octanol–water partition coefficient (Wildman–Crippen LogP) is 6.57. The molecule has 0 bridgehead atoms. The fraction of sp³-hybridized carbons (Fsp3) is 0.143. The molecule has 0 saturated heterocycles. The third kappa shape index (κ3) is 4.15. The molecule has 0 aliphatic heterocycles. The van der Waals surface area contributed by atoms with Gasteiger partial charge in [-0.15, -0.1) is 0 Å². The van der Waals surface area contributed by atoms with Crippen molar-refractivity contribution in [1.29, 1.82) is 0 Å². The summed E-state index contributed by atoms with van der Waals surface area (Å²) in [5, 5.41) is 13.0. The van der Waals surface area contributed by atoms with Crippen molar-refractivity contribution in [3.63, 3.8) is 0 Å². The Balaban J connectivity index is 2.03. The van der Waals surface area contributed by atoms with Gasteiger partial charge in [0.2, 0.25) is 5.75 Å². The molecule has 0 atom stereocenters. The number of rotatable bonds is 6. The molecule has 3 aromatic rings. The van der Waals surface area contributed by atoms with Crippen molar-refractivity contribution in [1.82, 2.24) is 4.98 Å². The fourth-order valence-electron chi connectivity index (χ4n) is 2.60. The van der Waals surface area contributed by atoms with E-state index < -0.39 is 4.92 Å². The Labute approximate surface area is 167 Å². The standard InChI is InChI=1S/C21H19N3O3S/c1-5-22-21-19(13(2)3)23-20(28-21)15-9-10-18(17(12-15)24(25)26)27-16-8-6-7-14(4)11-16/h5-12H,2H2,1,3-4H3/b22-5-. The Morgan fingerprint density at radius 3 is 2.75 bits per heavy atom. The molecule has 0 aliphatic rings. The van der Waals surface area contributed by atoms with Crippen LogP contribution < -0.4 is 4.74 Å². The molecule has 1 aromatic heterocycles. The molecule has 0 radical (unpaired) electrons. The lowest BCUT2D eigenvalue weighted by Gasteiger charge is -2.08. The molecule has 7 heteroatoms. The molecular weight excluding hydrogens is 374 g/mol. The second kappa shape index (κ2) is 8.14. The highest BCUT2D eigenvalue weighted by Gasteiger charge is 2.20. The van der Waals surface area contributed by atoms with Crippen LogP contribution in [0, 0.1) is 17.0 Å². The van der Waals surface area contributed by atoms with Crippen LogP contribution in [0.4, 0.5) is 10.7 Å². The molecule has 0 N–H and O–H groups in total. The van der Waals surface area contributed by atoms with Gasteiger partial charge in [0.15, 0.2) is 0 Å². The van der Waals surface area contributed by atoms with E-state index in [1.54, 1.807) is 24.4 Å². The summed E-state index contributed by atoms with van der Waals surface area (Å²) in [5.41, 5.74) is 3.01. The first kappa shape index (κ1) is 19.4. The van der Waals surface area contributed by atoms with E-state index in [4.69, 9.17) is 4.74 Å². The van der Waals surface area contributed by atoms with Gasteiger partial charge in [0, 0.05) is 17.8 Å². The monoisotopic (exact) mass is 393 g/mol. The van der Waals surface area contributed by atoms with Crippen LogP contribution in [0.5, 0.6) is 11.5 Å². The third-order valence-corrected chi connectivity index (χ3v) is 4.89. The highest BCUT2D eigenvalue weighted by molar-refractivity contribution is 7.19. The predicted molar refractivity (Wildman–Crippen MR) is 114 cm³/mol. The van der Waals surface area contributed by atoms with Crippen LogP contribution in [-0.2, 0) is 0 Å². The van der Waals surface area contributed by atoms with E-state index in [2.05, 4.69) is 16.6 Å². The molecule has 2 aromatic carbocycles. The van der Waals surface area contributed by atoms with Crippen LogP contribution >= 0.6 is 11.3 Å². The van der Waals surface area contributed by atoms with Crippen molar-refractivity contribution in [2.45, 2.75) is 20.8 Å². The topological polar surface area (TPSA) is 77.6 Å². The van der Waals surface area contributed by atoms with E-state index in [1.165, 1.54) is 17.4 Å². The van der Waals surface area contributed by atoms with Crippen LogP contribution in [0.2, 0.25) is 0 Å². The second-order valence-electron chi connectivity index (χ2n) is 6.20. The Kier molecular flexibility index (Phi) is 5.65. The number of hydrogen-bond acceptors (Lipinski definition) is 6. The summed E-state index contributed by atoms with van der Waals surface area (Å²) in [6, 6.07) is 12.2. The molecule has 0 fully saturated rings. The summed E-state index contributed by atoms with van der Waals surface area (Å²) in [6.07, 6.45) is 1.69. The average Bonchev–Trinajstić information content (AvgIpc) is 3.06. The van der Waals surface area contributed by atoms with E-state index in [1.807, 2.05) is 39.0 Å². The second-order valence-corrected chi connectivity index (χ2v) is 7.18. The SMILES string of the molecule is C=C(C)c1nc(-c2ccc(Oc3cccc(C)c3)c([N+](=O)[O-])c2)sc1/N=C\C. The number of aromatic nitrogens is 1. The van der Waals surface area contributed by atoms with Gasteiger partial charge in [-0.3, -0.25) is 10.1 Å². The number of ether oxygens (including phenoxy) is 1. The van der Waals surface area contributed by atoms with Crippen molar-refractivity contribution < 1.29 is 9.66 Å². The highest BCUT2D eigenvalue weighted by atomic mass is 32.1. The molecule has 142 valence electrons. The number of thiazole rings is 1. The van der Waals surface area contributed by atoms with Gasteiger partial charge in [-0.1, -0.05) is 30.0 Å². The number of nitro benzene ring substituents is 1. The van der Waals surface area contributed by atoms with Crippen LogP contribution in [0.3, 0.4) is 0 Å². The lowest BCUT2D eigenvalue weighted by molar-refractivity contribution is -0.385. The Morgan fingerprint density at radius 1 is 1.32 bits per heavy atom. The van der Waals surface area contributed by atoms with Crippen LogP contribution in [-0.4, -0.2) is 16.1 Å². The molecule has 6 nitrogen and oxygen atoms in total. The molecule has 28 heavy (non-hydrogen) atoms. The first-order chi connectivity index (χ1) is 13.4. The van der Waals surface area contributed by atoms with Crippen LogP contribution in [0.25, 0.3) is 16.1 Å². The van der Waals surface area contributed by atoms with Crippen molar-refractivity contribution in [3.05, 3.63) is 70.4 Å². The van der Waals surface area contributed by atoms with Gasteiger partial charge in [-0.25, -0.2) is 9.98 Å². The number of benzene rings is 2. The maximum atomic E-state index is 11.6. The van der Waals surface area contributed by atoms with Crippen LogP contribution in [0.1, 0.15) is 25.1 Å². The molecule has 0 amide bonds. The van der Waals surface area contributed by atoms with E-state index in [0.717, 1.165) is 16.1 Å². The molecule has 3 rings (SSSR count). The number of hydrogen-bond donors (Lipinski definition) is 0. The van der Waals surface area contributed by atoms with Crippen molar-refractivity contribution in [2.24, 2.45) is 4.99 Å². The third-order valence-electron chi connectivity index (χ3n) is 3.88. The fourth-order valence-corrected chi connectivity index (χ4v) is 3.64. The first-order valence-corrected chi connectivity index (χ1v) is 9.39. The number of aryl methyl sites for hydroxylation is 1. The van der Waals surface area contributed by atoms with Gasteiger partial charge in [0.25, 0.3) is 0 Å². The zero-order chi connectivity index (χ0) is 20.3. The van der Waals surface area contributed by atoms with Crippen molar-refractivity contribution in [2.75, 3.05) is 0 Å². The summed E-state index contributed by atoms with van der Waals surface area (Å²) in [5.74, 6) is 0.733. The van der Waals surface area contributed by atoms with Gasteiger partial charge in [0.05, 0.1) is 4.92 Å². The number of nitrogens with zero attached hydrogens (tertiary/aromatic N) is 3. The smallest absolute Gasteiger partial charge is 0.312 e. The lowest BCUT2D eigenvalue weighted by Crippen LogP contribution is -1.94. The summed E-state index contributed by atoms with van der Waals surface area (Å²) in [4.78, 5) is 20.1. The Morgan fingerprint density at radius 2 is 2.11 bits per heavy atom. The molecule has 0 aliphatic carbocycles. The van der Waals surface area contributed by atoms with Gasteiger partial charge >= 0.3 is 5.69 Å². The van der Waals surface area contributed by atoms with Crippen molar-refractivity contribution in [3.8, 4) is 22.1 Å². The zero-order valence-corrected chi connectivity index (χ0v) is 16.6. The van der Waals surface area contributed by atoms with Crippen molar-refractivity contribution >= 4 is 33.8 Å². The number of allylic oxidation sites excluding steroid dienone is 1. The highest BCUT2D eigenvalue weighted by Crippen LogP contribution is 2.40. The molecule has 0 spiro atoms. The molecule has 0 unspecified atom stereocenters. The van der Waals surface area contributed by atoms with Gasteiger partial charge < -0.3 is 4.74 Å². The molecule has 0 saturated carbocycles. The van der Waals surface area contributed by atoms with E-state index in [0.29, 0.717) is 22.0 Å².